The number of carbonyl (C=O) groups excluding carboxylic acids is 1. The molecule has 1 rings (SSSR count). The summed E-state index contributed by atoms with van der Waals surface area (Å²) < 4.78 is 0. The zero-order chi connectivity index (χ0) is 15.0. The molecule has 0 aliphatic heterocycles. The highest BCUT2D eigenvalue weighted by atomic mass is 16.3. The molecule has 0 aromatic heterocycles. The predicted octanol–water partition coefficient (Wildman–Crippen LogP) is 2.42. The van der Waals surface area contributed by atoms with Crippen LogP contribution >= 0.6 is 0 Å². The lowest BCUT2D eigenvalue weighted by Gasteiger charge is -2.26. The first-order chi connectivity index (χ1) is 9.49. The Balaban J connectivity index is 2.47. The van der Waals surface area contributed by atoms with E-state index in [1.54, 1.807) is 0 Å². The third-order valence-electron chi connectivity index (χ3n) is 3.55. The average molecular weight is 278 g/mol. The smallest absolute Gasteiger partial charge is 0.315 e. The molecule has 0 saturated heterocycles. The van der Waals surface area contributed by atoms with E-state index in [-0.39, 0.29) is 24.1 Å². The summed E-state index contributed by atoms with van der Waals surface area (Å²) in [6.07, 6.45) is 1.40. The summed E-state index contributed by atoms with van der Waals surface area (Å²) in [6.45, 7) is 6.86. The standard InChI is InChI=1S/C16H26N2O2/c1-4-14(10-11-19)18-15(20)17-12-16(2,3)13-8-6-5-7-9-13/h5-9,14,19H,4,10-12H2,1-3H3,(H2,17,18,20). The minimum absolute atomic E-state index is 0.0276. The lowest BCUT2D eigenvalue weighted by atomic mass is 9.85. The first-order valence-electron chi connectivity index (χ1n) is 7.20. The average Bonchev–Trinajstić information content (AvgIpc) is 2.46. The van der Waals surface area contributed by atoms with Crippen molar-refractivity contribution < 1.29 is 9.90 Å². The molecule has 4 nitrogen and oxygen atoms in total. The van der Waals surface area contributed by atoms with E-state index in [2.05, 4.69) is 36.6 Å². The van der Waals surface area contributed by atoms with Crippen molar-refractivity contribution >= 4 is 6.03 Å². The first-order valence-corrected chi connectivity index (χ1v) is 7.20. The normalized spacial score (nSPS) is 12.8. The molecule has 0 aliphatic rings. The van der Waals surface area contributed by atoms with E-state index in [0.717, 1.165) is 6.42 Å². The molecule has 2 amide bonds. The van der Waals surface area contributed by atoms with Gasteiger partial charge in [0.2, 0.25) is 0 Å². The number of hydrogen-bond donors (Lipinski definition) is 3. The van der Waals surface area contributed by atoms with Gasteiger partial charge in [0, 0.05) is 24.6 Å². The Morgan fingerprint density at radius 3 is 2.50 bits per heavy atom. The van der Waals surface area contributed by atoms with Gasteiger partial charge in [-0.05, 0) is 18.4 Å². The van der Waals surface area contributed by atoms with Gasteiger partial charge in [-0.1, -0.05) is 51.1 Å². The summed E-state index contributed by atoms with van der Waals surface area (Å²) in [7, 11) is 0. The van der Waals surface area contributed by atoms with Crippen LogP contribution in [0.25, 0.3) is 0 Å². The van der Waals surface area contributed by atoms with Crippen LogP contribution < -0.4 is 10.6 Å². The van der Waals surface area contributed by atoms with E-state index in [0.29, 0.717) is 13.0 Å². The molecule has 4 heteroatoms. The number of amides is 2. The zero-order valence-corrected chi connectivity index (χ0v) is 12.6. The maximum atomic E-state index is 11.9. The summed E-state index contributed by atoms with van der Waals surface area (Å²) in [6, 6.07) is 9.99. The van der Waals surface area contributed by atoms with Crippen LogP contribution in [-0.4, -0.2) is 30.3 Å². The van der Waals surface area contributed by atoms with E-state index >= 15 is 0 Å². The van der Waals surface area contributed by atoms with Gasteiger partial charge in [0.1, 0.15) is 0 Å². The van der Waals surface area contributed by atoms with Crippen LogP contribution in [0.3, 0.4) is 0 Å². The van der Waals surface area contributed by atoms with Crippen LogP contribution in [-0.2, 0) is 5.41 Å². The summed E-state index contributed by atoms with van der Waals surface area (Å²) >= 11 is 0. The van der Waals surface area contributed by atoms with E-state index in [1.165, 1.54) is 5.56 Å². The second kappa shape index (κ2) is 7.90. The Hall–Kier alpha value is -1.55. The molecular weight excluding hydrogens is 252 g/mol. The van der Waals surface area contributed by atoms with Crippen molar-refractivity contribution in [2.75, 3.05) is 13.2 Å². The summed E-state index contributed by atoms with van der Waals surface area (Å²) in [5.74, 6) is 0. The van der Waals surface area contributed by atoms with Crippen LogP contribution in [0.4, 0.5) is 4.79 Å². The molecule has 1 aromatic rings. The molecule has 0 heterocycles. The van der Waals surface area contributed by atoms with E-state index in [1.807, 2.05) is 25.1 Å². The molecule has 0 saturated carbocycles. The molecule has 0 radical (unpaired) electrons. The summed E-state index contributed by atoms with van der Waals surface area (Å²) in [5, 5.41) is 14.7. The molecule has 0 aliphatic carbocycles. The van der Waals surface area contributed by atoms with Crippen LogP contribution in [0.5, 0.6) is 0 Å². The molecular formula is C16H26N2O2. The highest BCUT2D eigenvalue weighted by molar-refractivity contribution is 5.74. The Kier molecular flexibility index (Phi) is 6.52. The van der Waals surface area contributed by atoms with Gasteiger partial charge in [-0.3, -0.25) is 0 Å². The van der Waals surface area contributed by atoms with Crippen molar-refractivity contribution in [2.45, 2.75) is 45.1 Å². The van der Waals surface area contributed by atoms with E-state index < -0.39 is 0 Å². The number of carbonyl (C=O) groups is 1. The second-order valence-corrected chi connectivity index (χ2v) is 5.69. The third-order valence-corrected chi connectivity index (χ3v) is 3.55. The molecule has 112 valence electrons. The van der Waals surface area contributed by atoms with Gasteiger partial charge in [0.05, 0.1) is 0 Å². The molecule has 0 fully saturated rings. The number of hydrogen-bond acceptors (Lipinski definition) is 2. The molecule has 3 N–H and O–H groups in total. The van der Waals surface area contributed by atoms with Gasteiger partial charge in [-0.25, -0.2) is 4.79 Å². The summed E-state index contributed by atoms with van der Waals surface area (Å²) in [5.41, 5.74) is 1.08. The molecule has 1 unspecified atom stereocenters. The van der Waals surface area contributed by atoms with Crippen LogP contribution in [0.2, 0.25) is 0 Å². The largest absolute Gasteiger partial charge is 0.396 e. The highest BCUT2D eigenvalue weighted by Crippen LogP contribution is 2.21. The van der Waals surface area contributed by atoms with Crippen molar-refractivity contribution in [3.8, 4) is 0 Å². The van der Waals surface area contributed by atoms with Crippen LogP contribution in [0.1, 0.15) is 39.2 Å². The van der Waals surface area contributed by atoms with Gasteiger partial charge >= 0.3 is 6.03 Å². The predicted molar refractivity (Wildman–Crippen MR) is 81.8 cm³/mol. The number of aliphatic hydroxyl groups excluding tert-OH is 1. The number of urea groups is 1. The van der Waals surface area contributed by atoms with Gasteiger partial charge < -0.3 is 15.7 Å². The Bertz CT molecular complexity index is 404. The second-order valence-electron chi connectivity index (χ2n) is 5.69. The first kappa shape index (κ1) is 16.5. The number of rotatable bonds is 7. The monoisotopic (exact) mass is 278 g/mol. The molecule has 1 aromatic carbocycles. The van der Waals surface area contributed by atoms with Gasteiger partial charge in [-0.2, -0.15) is 0 Å². The zero-order valence-electron chi connectivity index (χ0n) is 12.6. The van der Waals surface area contributed by atoms with Crippen LogP contribution in [0.15, 0.2) is 30.3 Å². The Labute approximate surface area is 121 Å². The number of nitrogens with one attached hydrogen (secondary N) is 2. The fraction of sp³-hybridized carbons (Fsp3) is 0.562. The van der Waals surface area contributed by atoms with Crippen molar-refractivity contribution in [3.63, 3.8) is 0 Å². The third kappa shape index (κ3) is 5.21. The van der Waals surface area contributed by atoms with Crippen molar-refractivity contribution in [1.82, 2.24) is 10.6 Å². The minimum Gasteiger partial charge on any atom is -0.396 e. The summed E-state index contributed by atoms with van der Waals surface area (Å²) in [4.78, 5) is 11.9. The fourth-order valence-electron chi connectivity index (χ4n) is 2.06. The molecule has 20 heavy (non-hydrogen) atoms. The maximum Gasteiger partial charge on any atom is 0.315 e. The SMILES string of the molecule is CCC(CCO)NC(=O)NCC(C)(C)c1ccccc1. The van der Waals surface area contributed by atoms with Crippen molar-refractivity contribution in [1.29, 1.82) is 0 Å². The van der Waals surface area contributed by atoms with E-state index in [9.17, 15) is 4.79 Å². The molecule has 1 atom stereocenters. The van der Waals surface area contributed by atoms with Gasteiger partial charge in [0.15, 0.2) is 0 Å². The fourth-order valence-corrected chi connectivity index (χ4v) is 2.06. The number of benzene rings is 1. The van der Waals surface area contributed by atoms with Crippen molar-refractivity contribution in [2.24, 2.45) is 0 Å². The highest BCUT2D eigenvalue weighted by Gasteiger charge is 2.21. The van der Waals surface area contributed by atoms with Gasteiger partial charge in [0.25, 0.3) is 0 Å². The lowest BCUT2D eigenvalue weighted by molar-refractivity contribution is 0.226. The Morgan fingerprint density at radius 2 is 1.95 bits per heavy atom. The van der Waals surface area contributed by atoms with Crippen LogP contribution in [0, 0.1) is 0 Å². The Morgan fingerprint density at radius 1 is 1.30 bits per heavy atom. The minimum atomic E-state index is -0.172. The van der Waals surface area contributed by atoms with Crippen molar-refractivity contribution in [3.05, 3.63) is 35.9 Å². The number of aliphatic hydroxyl groups is 1. The molecule has 0 bridgehead atoms. The topological polar surface area (TPSA) is 61.4 Å². The lowest BCUT2D eigenvalue weighted by Crippen LogP contribution is -2.46. The maximum absolute atomic E-state index is 11.9. The molecule has 0 spiro atoms. The van der Waals surface area contributed by atoms with Gasteiger partial charge in [-0.15, -0.1) is 0 Å². The van der Waals surface area contributed by atoms with E-state index in [4.69, 9.17) is 5.11 Å². The quantitative estimate of drug-likeness (QED) is 0.717.